The van der Waals surface area contributed by atoms with E-state index in [1.54, 1.807) is 11.6 Å². The summed E-state index contributed by atoms with van der Waals surface area (Å²) in [4.78, 5) is 36.2. The fraction of sp³-hybridized carbons (Fsp3) is 0.412. The molecule has 1 saturated heterocycles. The summed E-state index contributed by atoms with van der Waals surface area (Å²) in [6.07, 6.45) is 2.87. The Balaban J connectivity index is 1.96. The van der Waals surface area contributed by atoms with Gasteiger partial charge in [-0.05, 0) is 6.92 Å². The number of nitrogens with two attached hydrogens (primary N) is 1. The van der Waals surface area contributed by atoms with Gasteiger partial charge in [-0.1, -0.05) is 0 Å². The highest BCUT2D eigenvalue weighted by molar-refractivity contribution is 5.92. The lowest BCUT2D eigenvalue weighted by molar-refractivity contribution is 0.0695. The van der Waals surface area contributed by atoms with E-state index in [0.29, 0.717) is 23.4 Å². The van der Waals surface area contributed by atoms with Crippen molar-refractivity contribution in [3.63, 3.8) is 0 Å². The zero-order chi connectivity index (χ0) is 18.8. The predicted octanol–water partition coefficient (Wildman–Crippen LogP) is 0.181. The van der Waals surface area contributed by atoms with E-state index < -0.39 is 11.4 Å². The summed E-state index contributed by atoms with van der Waals surface area (Å²) in [5.74, 6) is 0.0560. The van der Waals surface area contributed by atoms with E-state index in [1.807, 2.05) is 17.9 Å². The monoisotopic (exact) mass is 358 g/mol. The maximum absolute atomic E-state index is 12.4. The van der Waals surface area contributed by atoms with Crippen LogP contribution in [0, 0.1) is 0 Å². The number of carbonyl (C=O) groups is 1. The van der Waals surface area contributed by atoms with Gasteiger partial charge in [-0.25, -0.2) is 9.78 Å². The standard InChI is InChI=1S/C17H22N6O3/c1-3-21-10-12(16(25)26)15(24)11-9-20-14(8-13(11)21)22-4-6-23(7-5-22)17(18)19-2/h8-10H,3-7H2,1-2H3,(H2,18,19)(H,25,26). The Kier molecular flexibility index (Phi) is 4.79. The van der Waals surface area contributed by atoms with Crippen LogP contribution in [0.25, 0.3) is 10.9 Å². The van der Waals surface area contributed by atoms with Crippen LogP contribution in [0.4, 0.5) is 5.82 Å². The van der Waals surface area contributed by atoms with E-state index in [1.165, 1.54) is 12.4 Å². The molecule has 26 heavy (non-hydrogen) atoms. The second-order valence-electron chi connectivity index (χ2n) is 6.08. The zero-order valence-corrected chi connectivity index (χ0v) is 14.8. The molecule has 0 amide bonds. The molecule has 0 atom stereocenters. The Morgan fingerprint density at radius 3 is 2.62 bits per heavy atom. The Morgan fingerprint density at radius 2 is 2.04 bits per heavy atom. The number of rotatable bonds is 3. The summed E-state index contributed by atoms with van der Waals surface area (Å²) in [6.45, 7) is 5.40. The van der Waals surface area contributed by atoms with Crippen LogP contribution in [-0.4, -0.2) is 64.7 Å². The lowest BCUT2D eigenvalue weighted by Gasteiger charge is -2.36. The molecule has 0 bridgehead atoms. The molecule has 2 aromatic rings. The van der Waals surface area contributed by atoms with Crippen molar-refractivity contribution in [3.05, 3.63) is 34.2 Å². The molecule has 3 N–H and O–H groups in total. The van der Waals surface area contributed by atoms with E-state index in [4.69, 9.17) is 5.73 Å². The number of fused-ring (bicyclic) bond motifs is 1. The molecule has 3 heterocycles. The Bertz CT molecular complexity index is 928. The maximum atomic E-state index is 12.4. The van der Waals surface area contributed by atoms with Crippen LogP contribution >= 0.6 is 0 Å². The third-order valence-electron chi connectivity index (χ3n) is 4.68. The summed E-state index contributed by atoms with van der Waals surface area (Å²) < 4.78 is 1.77. The minimum Gasteiger partial charge on any atom is -0.477 e. The average Bonchev–Trinajstić information content (AvgIpc) is 2.67. The molecule has 1 aliphatic rings. The van der Waals surface area contributed by atoms with E-state index in [-0.39, 0.29) is 5.56 Å². The van der Waals surface area contributed by atoms with Crippen LogP contribution in [0.2, 0.25) is 0 Å². The van der Waals surface area contributed by atoms with Gasteiger partial charge >= 0.3 is 5.97 Å². The molecule has 0 radical (unpaired) electrons. The van der Waals surface area contributed by atoms with Crippen molar-refractivity contribution in [1.82, 2.24) is 14.5 Å². The lowest BCUT2D eigenvalue weighted by atomic mass is 10.1. The van der Waals surface area contributed by atoms with E-state index >= 15 is 0 Å². The van der Waals surface area contributed by atoms with Crippen molar-refractivity contribution in [3.8, 4) is 0 Å². The number of nitrogens with zero attached hydrogens (tertiary/aromatic N) is 5. The number of anilines is 1. The minimum absolute atomic E-state index is 0.239. The van der Waals surface area contributed by atoms with Gasteiger partial charge < -0.3 is 25.2 Å². The fourth-order valence-corrected chi connectivity index (χ4v) is 3.17. The molecular formula is C17H22N6O3. The highest BCUT2D eigenvalue weighted by atomic mass is 16.4. The van der Waals surface area contributed by atoms with Gasteiger partial charge in [0.25, 0.3) is 0 Å². The molecule has 3 rings (SSSR count). The largest absolute Gasteiger partial charge is 0.477 e. The molecule has 1 fully saturated rings. The number of guanidine groups is 1. The van der Waals surface area contributed by atoms with Gasteiger partial charge in [0.2, 0.25) is 5.43 Å². The Hall–Kier alpha value is -3.10. The molecule has 0 unspecified atom stereocenters. The number of aliphatic imine (C=N–C) groups is 1. The second-order valence-corrected chi connectivity index (χ2v) is 6.08. The van der Waals surface area contributed by atoms with Gasteiger partial charge in [-0.2, -0.15) is 0 Å². The van der Waals surface area contributed by atoms with Gasteiger partial charge in [-0.3, -0.25) is 9.79 Å². The molecule has 9 heteroatoms. The van der Waals surface area contributed by atoms with Crippen LogP contribution in [0.1, 0.15) is 17.3 Å². The molecular weight excluding hydrogens is 336 g/mol. The topological polar surface area (TPSA) is 117 Å². The maximum Gasteiger partial charge on any atom is 0.341 e. The van der Waals surface area contributed by atoms with Crippen LogP contribution in [-0.2, 0) is 6.54 Å². The molecule has 0 spiro atoms. The third-order valence-corrected chi connectivity index (χ3v) is 4.68. The van der Waals surface area contributed by atoms with Crippen LogP contribution < -0.4 is 16.1 Å². The van der Waals surface area contributed by atoms with Crippen molar-refractivity contribution in [2.24, 2.45) is 10.7 Å². The van der Waals surface area contributed by atoms with Crippen LogP contribution in [0.3, 0.4) is 0 Å². The first-order chi connectivity index (χ1) is 12.5. The van der Waals surface area contributed by atoms with E-state index in [9.17, 15) is 14.7 Å². The molecule has 0 aliphatic carbocycles. The molecule has 1 aliphatic heterocycles. The summed E-state index contributed by atoms with van der Waals surface area (Å²) in [6, 6.07) is 1.85. The Morgan fingerprint density at radius 1 is 1.35 bits per heavy atom. The first-order valence-corrected chi connectivity index (χ1v) is 8.45. The highest BCUT2D eigenvalue weighted by Gasteiger charge is 2.21. The summed E-state index contributed by atoms with van der Waals surface area (Å²) in [7, 11) is 1.67. The number of aromatic nitrogens is 2. The van der Waals surface area contributed by atoms with Gasteiger partial charge in [-0.15, -0.1) is 0 Å². The predicted molar refractivity (Wildman–Crippen MR) is 100.0 cm³/mol. The summed E-state index contributed by atoms with van der Waals surface area (Å²) >= 11 is 0. The molecule has 0 saturated carbocycles. The second kappa shape index (κ2) is 7.03. The highest BCUT2D eigenvalue weighted by Crippen LogP contribution is 2.20. The third kappa shape index (κ3) is 3.07. The average molecular weight is 358 g/mol. The molecule has 138 valence electrons. The van der Waals surface area contributed by atoms with Crippen molar-refractivity contribution in [2.75, 3.05) is 38.1 Å². The summed E-state index contributed by atoms with van der Waals surface area (Å²) in [5.41, 5.74) is 5.79. The smallest absolute Gasteiger partial charge is 0.341 e. The quantitative estimate of drug-likeness (QED) is 0.594. The van der Waals surface area contributed by atoms with Crippen LogP contribution in [0.15, 0.2) is 28.2 Å². The normalized spacial score (nSPS) is 15.5. The van der Waals surface area contributed by atoms with Crippen molar-refractivity contribution in [1.29, 1.82) is 0 Å². The van der Waals surface area contributed by atoms with Crippen LogP contribution in [0.5, 0.6) is 0 Å². The van der Waals surface area contributed by atoms with Gasteiger partial charge in [0.05, 0.1) is 10.9 Å². The van der Waals surface area contributed by atoms with Crippen molar-refractivity contribution >= 4 is 28.6 Å². The number of piperazine rings is 1. The lowest BCUT2D eigenvalue weighted by Crippen LogP contribution is -2.51. The van der Waals surface area contributed by atoms with Gasteiger partial charge in [0.1, 0.15) is 11.4 Å². The van der Waals surface area contributed by atoms with Crippen molar-refractivity contribution in [2.45, 2.75) is 13.5 Å². The van der Waals surface area contributed by atoms with Gasteiger partial charge in [0, 0.05) is 58.2 Å². The SMILES string of the molecule is CCn1cc(C(=O)O)c(=O)c2cnc(N3CCN(C(N)=NC)CC3)cc21. The number of aryl methyl sites for hydroxylation is 1. The first-order valence-electron chi connectivity index (χ1n) is 8.45. The van der Waals surface area contributed by atoms with E-state index in [2.05, 4.69) is 14.9 Å². The van der Waals surface area contributed by atoms with E-state index in [0.717, 1.165) is 32.0 Å². The molecule has 2 aromatic heterocycles. The number of aromatic carboxylic acids is 1. The Labute approximate surface area is 150 Å². The molecule has 9 nitrogen and oxygen atoms in total. The molecule has 0 aromatic carbocycles. The number of carboxylic acids is 1. The number of hydrogen-bond donors (Lipinski definition) is 2. The fourth-order valence-electron chi connectivity index (χ4n) is 3.17. The first kappa shape index (κ1) is 17.7. The summed E-state index contributed by atoms with van der Waals surface area (Å²) in [5, 5.41) is 9.54. The number of hydrogen-bond acceptors (Lipinski definition) is 5. The zero-order valence-electron chi connectivity index (χ0n) is 14.8. The van der Waals surface area contributed by atoms with Gasteiger partial charge in [0.15, 0.2) is 5.96 Å². The number of pyridine rings is 2. The number of carboxylic acid groups (broad SMARTS) is 1. The minimum atomic E-state index is -1.23. The van der Waals surface area contributed by atoms with Crippen molar-refractivity contribution < 1.29 is 9.90 Å².